The molecule has 0 unspecified atom stereocenters. The first-order valence-electron chi connectivity index (χ1n) is 18.7. The normalized spacial score (nSPS) is 12.5. The Kier molecular flexibility index (Phi) is 21.2. The maximum Gasteiger partial charge on any atom is 0.0636 e. The Morgan fingerprint density at radius 2 is 1.00 bits per heavy atom. The van der Waals surface area contributed by atoms with Crippen LogP contribution < -0.4 is 0 Å². The van der Waals surface area contributed by atoms with Crippen LogP contribution in [-0.4, -0.2) is 11.4 Å². The van der Waals surface area contributed by atoms with E-state index >= 15 is 0 Å². The molecule has 0 atom stereocenters. The standard InChI is InChI=1S/C42H66N2/c1-6-11-14-15-16-17-18-19-20-21-22-23-26-36-29-32-39(33-30-36)43-41(27-12-7-2)42(28-13-8-3)44-40-34-31-37(24-9-4)38(35-40)25-10-5/h20-21,29-35H,6-19,22-28H2,1-5H3/b21-20+,43-41?,44-42?. The molecule has 0 spiro atoms. The summed E-state index contributed by atoms with van der Waals surface area (Å²) in [4.78, 5) is 10.5. The lowest BCUT2D eigenvalue weighted by atomic mass is 9.98. The van der Waals surface area contributed by atoms with E-state index in [2.05, 4.69) is 89.2 Å². The summed E-state index contributed by atoms with van der Waals surface area (Å²) in [5, 5.41) is 0. The van der Waals surface area contributed by atoms with Crippen LogP contribution in [0.5, 0.6) is 0 Å². The quantitative estimate of drug-likeness (QED) is 0.0617. The highest BCUT2D eigenvalue weighted by molar-refractivity contribution is 6.43. The largest absolute Gasteiger partial charge is 0.252 e. The molecule has 2 nitrogen and oxygen atoms in total. The summed E-state index contributed by atoms with van der Waals surface area (Å²) in [5.41, 5.74) is 8.88. The summed E-state index contributed by atoms with van der Waals surface area (Å²) in [7, 11) is 0. The highest BCUT2D eigenvalue weighted by atomic mass is 14.8. The Morgan fingerprint density at radius 3 is 1.61 bits per heavy atom. The van der Waals surface area contributed by atoms with Crippen molar-refractivity contribution < 1.29 is 0 Å². The van der Waals surface area contributed by atoms with E-state index in [0.717, 1.165) is 56.3 Å². The lowest BCUT2D eigenvalue weighted by Gasteiger charge is -2.13. The molecule has 0 aliphatic rings. The lowest BCUT2D eigenvalue weighted by Crippen LogP contribution is -2.14. The molecular formula is C42H66N2. The number of unbranched alkanes of at least 4 members (excludes halogenated alkanes) is 10. The minimum Gasteiger partial charge on any atom is -0.252 e. The van der Waals surface area contributed by atoms with Gasteiger partial charge < -0.3 is 0 Å². The molecule has 0 radical (unpaired) electrons. The molecular weight excluding hydrogens is 532 g/mol. The summed E-state index contributed by atoms with van der Waals surface area (Å²) in [5.74, 6) is 0. The van der Waals surface area contributed by atoms with E-state index in [-0.39, 0.29) is 0 Å². The van der Waals surface area contributed by atoms with Gasteiger partial charge in [0.15, 0.2) is 0 Å². The van der Waals surface area contributed by atoms with E-state index < -0.39 is 0 Å². The zero-order valence-corrected chi connectivity index (χ0v) is 29.4. The van der Waals surface area contributed by atoms with Crippen molar-refractivity contribution in [2.24, 2.45) is 9.98 Å². The number of rotatable bonds is 25. The predicted octanol–water partition coefficient (Wildman–Crippen LogP) is 13.8. The number of aliphatic imine (C=N–C) groups is 2. The van der Waals surface area contributed by atoms with Gasteiger partial charge in [0.05, 0.1) is 22.8 Å². The summed E-state index contributed by atoms with van der Waals surface area (Å²) in [6, 6.07) is 15.9. The molecule has 2 rings (SSSR count). The SMILES string of the molecule is CCCCCCCCC/C=C/CCCc1ccc(N=C(CCCC)C(CCCC)=Nc2ccc(CCC)c(CCC)c2)cc1. The van der Waals surface area contributed by atoms with E-state index in [1.165, 1.54) is 118 Å². The van der Waals surface area contributed by atoms with Crippen LogP contribution in [-0.2, 0) is 19.3 Å². The molecule has 0 fully saturated rings. The smallest absolute Gasteiger partial charge is 0.0636 e. The van der Waals surface area contributed by atoms with Gasteiger partial charge in [0, 0.05) is 0 Å². The first-order valence-corrected chi connectivity index (χ1v) is 18.7. The van der Waals surface area contributed by atoms with Crippen molar-refractivity contribution in [3.8, 4) is 0 Å². The second-order valence-corrected chi connectivity index (χ2v) is 12.7. The van der Waals surface area contributed by atoms with Gasteiger partial charge in [0.1, 0.15) is 0 Å². The van der Waals surface area contributed by atoms with Gasteiger partial charge in [-0.3, -0.25) is 9.98 Å². The van der Waals surface area contributed by atoms with Crippen LogP contribution >= 0.6 is 0 Å². The molecule has 0 amide bonds. The third kappa shape index (κ3) is 16.0. The number of allylic oxidation sites excluding steroid dienone is 2. The second-order valence-electron chi connectivity index (χ2n) is 12.7. The van der Waals surface area contributed by atoms with E-state index in [1.807, 2.05) is 0 Å². The molecule has 0 heterocycles. The van der Waals surface area contributed by atoms with Gasteiger partial charge in [-0.05, 0) is 112 Å². The van der Waals surface area contributed by atoms with Gasteiger partial charge >= 0.3 is 0 Å². The molecule has 0 bridgehead atoms. The number of benzene rings is 2. The molecule has 2 heteroatoms. The summed E-state index contributed by atoms with van der Waals surface area (Å²) >= 11 is 0. The number of hydrogen-bond donors (Lipinski definition) is 0. The minimum atomic E-state index is 0.988. The topological polar surface area (TPSA) is 24.7 Å². The van der Waals surface area contributed by atoms with E-state index in [0.29, 0.717) is 0 Å². The van der Waals surface area contributed by atoms with Gasteiger partial charge in [-0.2, -0.15) is 0 Å². The van der Waals surface area contributed by atoms with Gasteiger partial charge in [0.2, 0.25) is 0 Å². The molecule has 0 aromatic heterocycles. The van der Waals surface area contributed by atoms with E-state index in [4.69, 9.17) is 9.98 Å². The van der Waals surface area contributed by atoms with Gasteiger partial charge in [-0.15, -0.1) is 0 Å². The predicted molar refractivity (Wildman–Crippen MR) is 199 cm³/mol. The van der Waals surface area contributed by atoms with Crippen LogP contribution in [0.2, 0.25) is 0 Å². The first kappa shape index (κ1) is 37.7. The molecule has 0 saturated carbocycles. The third-order valence-electron chi connectivity index (χ3n) is 8.54. The summed E-state index contributed by atoms with van der Waals surface area (Å²) < 4.78 is 0. The monoisotopic (exact) mass is 599 g/mol. The number of nitrogens with zero attached hydrogens (tertiary/aromatic N) is 2. The Labute approximate surface area is 273 Å². The maximum atomic E-state index is 5.28. The van der Waals surface area contributed by atoms with Crippen LogP contribution in [0.3, 0.4) is 0 Å². The minimum absolute atomic E-state index is 0.988. The first-order chi connectivity index (χ1) is 21.6. The van der Waals surface area contributed by atoms with Gasteiger partial charge in [-0.1, -0.05) is 129 Å². The molecule has 2 aromatic rings. The maximum absolute atomic E-state index is 5.28. The molecule has 244 valence electrons. The zero-order chi connectivity index (χ0) is 31.7. The van der Waals surface area contributed by atoms with Crippen LogP contribution in [0.25, 0.3) is 0 Å². The fraction of sp³-hybridized carbons (Fsp3) is 0.619. The van der Waals surface area contributed by atoms with Crippen molar-refractivity contribution in [2.75, 3.05) is 0 Å². The summed E-state index contributed by atoms with van der Waals surface area (Å²) in [6.45, 7) is 11.4. The average Bonchev–Trinajstić information content (AvgIpc) is 3.04. The van der Waals surface area contributed by atoms with Crippen molar-refractivity contribution in [1.29, 1.82) is 0 Å². The fourth-order valence-corrected chi connectivity index (χ4v) is 5.84. The van der Waals surface area contributed by atoms with E-state index in [1.54, 1.807) is 0 Å². The molecule has 2 aromatic carbocycles. The molecule has 0 saturated heterocycles. The van der Waals surface area contributed by atoms with Crippen molar-refractivity contribution in [1.82, 2.24) is 0 Å². The molecule has 0 aliphatic heterocycles. The van der Waals surface area contributed by atoms with Crippen molar-refractivity contribution in [3.05, 3.63) is 71.3 Å². The number of aryl methyl sites for hydroxylation is 3. The highest BCUT2D eigenvalue weighted by Crippen LogP contribution is 2.24. The van der Waals surface area contributed by atoms with Crippen LogP contribution in [0, 0.1) is 0 Å². The Morgan fingerprint density at radius 1 is 0.477 bits per heavy atom. The van der Waals surface area contributed by atoms with Gasteiger partial charge in [0.25, 0.3) is 0 Å². The van der Waals surface area contributed by atoms with E-state index in [9.17, 15) is 0 Å². The molecule has 0 aliphatic carbocycles. The Bertz CT molecular complexity index is 1090. The van der Waals surface area contributed by atoms with Crippen LogP contribution in [0.1, 0.15) is 167 Å². The molecule has 44 heavy (non-hydrogen) atoms. The van der Waals surface area contributed by atoms with Crippen LogP contribution in [0.4, 0.5) is 11.4 Å². The fourth-order valence-electron chi connectivity index (χ4n) is 5.84. The summed E-state index contributed by atoms with van der Waals surface area (Å²) in [6.07, 6.45) is 30.5. The average molecular weight is 599 g/mol. The Balaban J connectivity index is 2.04. The van der Waals surface area contributed by atoms with Crippen molar-refractivity contribution in [3.63, 3.8) is 0 Å². The van der Waals surface area contributed by atoms with Gasteiger partial charge in [-0.25, -0.2) is 0 Å². The van der Waals surface area contributed by atoms with Crippen molar-refractivity contribution >= 4 is 22.8 Å². The van der Waals surface area contributed by atoms with Crippen LogP contribution in [0.15, 0.2) is 64.6 Å². The zero-order valence-electron chi connectivity index (χ0n) is 29.4. The third-order valence-corrected chi connectivity index (χ3v) is 8.54. The lowest BCUT2D eigenvalue weighted by molar-refractivity contribution is 0.592. The van der Waals surface area contributed by atoms with Crippen molar-refractivity contribution in [2.45, 2.75) is 169 Å². The second kappa shape index (κ2) is 24.8. The highest BCUT2D eigenvalue weighted by Gasteiger charge is 2.11. The number of hydrogen-bond acceptors (Lipinski definition) is 2. The Hall–Kier alpha value is -2.48. The molecule has 0 N–H and O–H groups in total.